The van der Waals surface area contributed by atoms with Crippen molar-refractivity contribution in [2.45, 2.75) is 26.4 Å². The molecular weight excluding hydrogens is 436 g/mol. The molecule has 1 N–H and O–H groups in total. The van der Waals surface area contributed by atoms with Crippen molar-refractivity contribution in [2.75, 3.05) is 39.9 Å². The fraction of sp³-hybridized carbons (Fsp3) is 0.400. The van der Waals surface area contributed by atoms with Crippen LogP contribution in [0.15, 0.2) is 47.3 Å². The van der Waals surface area contributed by atoms with E-state index in [4.69, 9.17) is 17.0 Å². The Morgan fingerprint density at radius 1 is 1.12 bits per heavy atom. The Balaban J connectivity index is 1.45. The first-order valence-corrected chi connectivity index (χ1v) is 11.7. The van der Waals surface area contributed by atoms with Gasteiger partial charge >= 0.3 is 0 Å². The van der Waals surface area contributed by atoms with E-state index in [1.807, 2.05) is 4.90 Å². The second kappa shape index (κ2) is 10.4. The van der Waals surface area contributed by atoms with E-state index in [9.17, 15) is 9.59 Å². The molecule has 1 aliphatic rings. The SMILES string of the molecule is COCCCn1c(=S)[nH]c2cc(C(=O)N3CCN(Cc4ccccc4C)CC3)ccc2c1=O. The van der Waals surface area contributed by atoms with Crippen molar-refractivity contribution in [3.05, 3.63) is 74.3 Å². The monoisotopic (exact) mass is 466 g/mol. The van der Waals surface area contributed by atoms with Crippen LogP contribution >= 0.6 is 12.2 Å². The van der Waals surface area contributed by atoms with Gasteiger partial charge in [0.2, 0.25) is 0 Å². The van der Waals surface area contributed by atoms with Gasteiger partial charge in [0.1, 0.15) is 0 Å². The third-order valence-electron chi connectivity index (χ3n) is 6.27. The first-order valence-electron chi connectivity index (χ1n) is 11.3. The molecule has 7 nitrogen and oxygen atoms in total. The third-order valence-corrected chi connectivity index (χ3v) is 6.60. The maximum Gasteiger partial charge on any atom is 0.262 e. The predicted molar refractivity (Wildman–Crippen MR) is 132 cm³/mol. The Bertz CT molecular complexity index is 1260. The number of nitrogens with one attached hydrogen (secondary N) is 1. The second-order valence-electron chi connectivity index (χ2n) is 8.49. The maximum absolute atomic E-state index is 13.1. The largest absolute Gasteiger partial charge is 0.385 e. The number of fused-ring (bicyclic) bond motifs is 1. The lowest BCUT2D eigenvalue weighted by Gasteiger charge is -2.35. The van der Waals surface area contributed by atoms with Crippen LogP contribution in [0, 0.1) is 11.7 Å². The lowest BCUT2D eigenvalue weighted by atomic mass is 10.1. The molecule has 8 heteroatoms. The number of benzene rings is 2. The molecule has 1 aromatic heterocycles. The van der Waals surface area contributed by atoms with E-state index in [1.54, 1.807) is 29.9 Å². The van der Waals surface area contributed by atoms with Crippen LogP contribution < -0.4 is 5.56 Å². The average molecular weight is 467 g/mol. The fourth-order valence-electron chi connectivity index (χ4n) is 4.28. The molecule has 0 aliphatic carbocycles. The molecule has 3 aromatic rings. The number of hydrogen-bond donors (Lipinski definition) is 1. The Morgan fingerprint density at radius 3 is 2.61 bits per heavy atom. The first kappa shape index (κ1) is 23.4. The lowest BCUT2D eigenvalue weighted by molar-refractivity contribution is 0.0628. The second-order valence-corrected chi connectivity index (χ2v) is 8.88. The number of piperazine rings is 1. The number of nitrogens with zero attached hydrogens (tertiary/aromatic N) is 3. The summed E-state index contributed by atoms with van der Waals surface area (Å²) in [6.07, 6.45) is 0.700. The molecule has 1 aliphatic heterocycles. The van der Waals surface area contributed by atoms with E-state index in [0.717, 1.165) is 19.6 Å². The molecule has 1 amide bonds. The zero-order valence-electron chi connectivity index (χ0n) is 19.2. The number of aromatic amines is 1. The summed E-state index contributed by atoms with van der Waals surface area (Å²) in [5, 5.41) is 0.528. The van der Waals surface area contributed by atoms with Crippen LogP contribution in [0.25, 0.3) is 10.9 Å². The Hall–Kier alpha value is -2.81. The number of amides is 1. The first-order chi connectivity index (χ1) is 16.0. The minimum Gasteiger partial charge on any atom is -0.385 e. The molecule has 0 spiro atoms. The summed E-state index contributed by atoms with van der Waals surface area (Å²) in [6, 6.07) is 13.6. The number of aromatic nitrogens is 2. The van der Waals surface area contributed by atoms with Crippen LogP contribution in [0.2, 0.25) is 0 Å². The van der Waals surface area contributed by atoms with Gasteiger partial charge in [-0.25, -0.2) is 0 Å². The van der Waals surface area contributed by atoms with Crippen molar-refractivity contribution in [3.8, 4) is 0 Å². The standard InChI is InChI=1S/C25H30N4O3S/c1-18-6-3-4-7-20(18)17-27-11-13-28(14-12-27)23(30)19-8-9-21-22(16-19)26-25(33)29(24(21)31)10-5-15-32-2/h3-4,6-9,16H,5,10-15,17H2,1-2H3,(H,26,33). The predicted octanol–water partition coefficient (Wildman–Crippen LogP) is 3.36. The van der Waals surface area contributed by atoms with Crippen LogP contribution in [0.5, 0.6) is 0 Å². The molecule has 1 saturated heterocycles. The number of methoxy groups -OCH3 is 1. The van der Waals surface area contributed by atoms with E-state index in [2.05, 4.69) is 41.1 Å². The van der Waals surface area contributed by atoms with Gasteiger partial charge in [0.15, 0.2) is 4.77 Å². The van der Waals surface area contributed by atoms with Crippen molar-refractivity contribution < 1.29 is 9.53 Å². The molecule has 0 saturated carbocycles. The summed E-state index contributed by atoms with van der Waals surface area (Å²) in [7, 11) is 1.63. The number of carbonyl (C=O) groups excluding carboxylic acids is 1. The molecule has 2 heterocycles. The third kappa shape index (κ3) is 5.24. The van der Waals surface area contributed by atoms with Crippen LogP contribution in [-0.4, -0.2) is 65.2 Å². The maximum atomic E-state index is 13.1. The number of H-pyrrole nitrogens is 1. The minimum absolute atomic E-state index is 0.0176. The smallest absolute Gasteiger partial charge is 0.262 e. The van der Waals surface area contributed by atoms with Crippen LogP contribution in [0.4, 0.5) is 0 Å². The van der Waals surface area contributed by atoms with Gasteiger partial charge in [-0.3, -0.25) is 19.1 Å². The summed E-state index contributed by atoms with van der Waals surface area (Å²) < 4.78 is 6.97. The van der Waals surface area contributed by atoms with Gasteiger partial charge in [-0.05, 0) is 54.9 Å². The molecule has 0 unspecified atom stereocenters. The molecule has 33 heavy (non-hydrogen) atoms. The molecular formula is C25H30N4O3S. The van der Waals surface area contributed by atoms with Crippen molar-refractivity contribution in [2.24, 2.45) is 0 Å². The molecule has 2 aromatic carbocycles. The number of carbonyl (C=O) groups is 1. The van der Waals surface area contributed by atoms with Crippen molar-refractivity contribution >= 4 is 29.0 Å². The Labute approximate surface area is 198 Å². The van der Waals surface area contributed by atoms with Crippen LogP contribution in [-0.2, 0) is 17.8 Å². The van der Waals surface area contributed by atoms with Gasteiger partial charge in [0.05, 0.1) is 10.9 Å². The summed E-state index contributed by atoms with van der Waals surface area (Å²) in [4.78, 5) is 33.4. The van der Waals surface area contributed by atoms with Crippen LogP contribution in [0.1, 0.15) is 27.9 Å². The fourth-order valence-corrected chi connectivity index (χ4v) is 4.56. The van der Waals surface area contributed by atoms with Crippen LogP contribution in [0.3, 0.4) is 0 Å². The highest BCUT2D eigenvalue weighted by Crippen LogP contribution is 2.16. The van der Waals surface area contributed by atoms with E-state index in [-0.39, 0.29) is 11.5 Å². The lowest BCUT2D eigenvalue weighted by Crippen LogP contribution is -2.48. The van der Waals surface area contributed by atoms with E-state index in [1.165, 1.54) is 11.1 Å². The van der Waals surface area contributed by atoms with Gasteiger partial charge in [-0.15, -0.1) is 0 Å². The quantitative estimate of drug-likeness (QED) is 0.427. The van der Waals surface area contributed by atoms with E-state index < -0.39 is 0 Å². The van der Waals surface area contributed by atoms with Gasteiger partial charge in [-0.2, -0.15) is 0 Å². The average Bonchev–Trinajstić information content (AvgIpc) is 2.82. The molecule has 0 bridgehead atoms. The molecule has 0 atom stereocenters. The van der Waals surface area contributed by atoms with Crippen molar-refractivity contribution in [3.63, 3.8) is 0 Å². The molecule has 0 radical (unpaired) electrons. The zero-order chi connectivity index (χ0) is 23.4. The number of rotatable bonds is 7. The summed E-state index contributed by atoms with van der Waals surface area (Å²) >= 11 is 5.39. The van der Waals surface area contributed by atoms with Gasteiger partial charge in [0, 0.05) is 58.5 Å². The van der Waals surface area contributed by atoms with Crippen molar-refractivity contribution in [1.29, 1.82) is 0 Å². The summed E-state index contributed by atoms with van der Waals surface area (Å²) in [5.41, 5.74) is 3.64. The zero-order valence-corrected chi connectivity index (χ0v) is 20.0. The van der Waals surface area contributed by atoms with Gasteiger partial charge < -0.3 is 14.6 Å². The highest BCUT2D eigenvalue weighted by atomic mass is 32.1. The van der Waals surface area contributed by atoms with E-state index >= 15 is 0 Å². The number of hydrogen-bond acceptors (Lipinski definition) is 5. The highest BCUT2D eigenvalue weighted by molar-refractivity contribution is 7.71. The normalized spacial score (nSPS) is 14.7. The Morgan fingerprint density at radius 2 is 1.88 bits per heavy atom. The molecule has 174 valence electrons. The highest BCUT2D eigenvalue weighted by Gasteiger charge is 2.23. The van der Waals surface area contributed by atoms with Crippen molar-refractivity contribution in [1.82, 2.24) is 19.4 Å². The number of aryl methyl sites for hydroxylation is 1. The molecule has 4 rings (SSSR count). The van der Waals surface area contributed by atoms with Gasteiger partial charge in [-0.1, -0.05) is 24.3 Å². The van der Waals surface area contributed by atoms with Gasteiger partial charge in [0.25, 0.3) is 11.5 Å². The Kier molecular flexibility index (Phi) is 7.37. The molecule has 1 fully saturated rings. The number of ether oxygens (including phenoxy) is 1. The summed E-state index contributed by atoms with van der Waals surface area (Å²) in [6.45, 7) is 7.12. The summed E-state index contributed by atoms with van der Waals surface area (Å²) in [5.74, 6) is -0.0176. The minimum atomic E-state index is -0.145. The topological polar surface area (TPSA) is 70.6 Å². The van der Waals surface area contributed by atoms with E-state index in [0.29, 0.717) is 53.9 Å².